The zero-order chi connectivity index (χ0) is 16.1. The lowest BCUT2D eigenvalue weighted by Crippen LogP contribution is -2.39. The predicted octanol–water partition coefficient (Wildman–Crippen LogP) is 1.33. The second kappa shape index (κ2) is 7.25. The van der Waals surface area contributed by atoms with E-state index < -0.39 is 10.0 Å². The van der Waals surface area contributed by atoms with Crippen molar-refractivity contribution in [3.8, 4) is 0 Å². The molecule has 2 aromatic rings. The van der Waals surface area contributed by atoms with E-state index in [0.717, 1.165) is 32.5 Å². The minimum Gasteiger partial charge on any atom is -0.297 e. The summed E-state index contributed by atoms with van der Waals surface area (Å²) >= 11 is 0. The SMILES string of the molecule is O=S(=O)(NCCN1CCC[C@H]1Cn1cccn1)c1ccccc1. The molecule has 0 unspecified atom stereocenters. The second-order valence-corrected chi connectivity index (χ2v) is 7.54. The predicted molar refractivity (Wildman–Crippen MR) is 88.5 cm³/mol. The maximum atomic E-state index is 12.2. The zero-order valence-corrected chi connectivity index (χ0v) is 13.8. The summed E-state index contributed by atoms with van der Waals surface area (Å²) in [6.07, 6.45) is 6.03. The van der Waals surface area contributed by atoms with Crippen molar-refractivity contribution >= 4 is 10.0 Å². The van der Waals surface area contributed by atoms with Crippen LogP contribution in [0.25, 0.3) is 0 Å². The summed E-state index contributed by atoms with van der Waals surface area (Å²) in [6.45, 7) is 3.02. The highest BCUT2D eigenvalue weighted by molar-refractivity contribution is 7.89. The van der Waals surface area contributed by atoms with Gasteiger partial charge in [0.15, 0.2) is 0 Å². The third kappa shape index (κ3) is 4.19. The average molecular weight is 334 g/mol. The number of rotatable bonds is 7. The van der Waals surface area contributed by atoms with E-state index in [9.17, 15) is 8.42 Å². The van der Waals surface area contributed by atoms with E-state index in [4.69, 9.17) is 0 Å². The Hall–Kier alpha value is -1.70. The molecule has 0 bridgehead atoms. The molecule has 0 spiro atoms. The van der Waals surface area contributed by atoms with E-state index in [1.165, 1.54) is 0 Å². The molecule has 6 nitrogen and oxygen atoms in total. The molecule has 1 aromatic carbocycles. The summed E-state index contributed by atoms with van der Waals surface area (Å²) in [5, 5.41) is 4.25. The van der Waals surface area contributed by atoms with E-state index in [2.05, 4.69) is 14.7 Å². The largest absolute Gasteiger partial charge is 0.297 e. The van der Waals surface area contributed by atoms with Crippen molar-refractivity contribution < 1.29 is 8.42 Å². The van der Waals surface area contributed by atoms with Gasteiger partial charge in [0.2, 0.25) is 10.0 Å². The van der Waals surface area contributed by atoms with E-state index in [1.54, 1.807) is 30.5 Å². The molecule has 124 valence electrons. The number of benzene rings is 1. The smallest absolute Gasteiger partial charge is 0.240 e. The molecule has 7 heteroatoms. The normalized spacial score (nSPS) is 19.2. The van der Waals surface area contributed by atoms with Gasteiger partial charge in [0.05, 0.1) is 11.4 Å². The first-order chi connectivity index (χ1) is 11.1. The van der Waals surface area contributed by atoms with Crippen LogP contribution < -0.4 is 4.72 Å². The van der Waals surface area contributed by atoms with Crippen molar-refractivity contribution in [2.24, 2.45) is 0 Å². The first-order valence-electron chi connectivity index (χ1n) is 7.91. The summed E-state index contributed by atoms with van der Waals surface area (Å²) in [6, 6.07) is 10.8. The Bertz CT molecular complexity index is 701. The van der Waals surface area contributed by atoms with Crippen molar-refractivity contribution in [1.82, 2.24) is 19.4 Å². The van der Waals surface area contributed by atoms with Gasteiger partial charge in [0.1, 0.15) is 0 Å². The number of sulfonamides is 1. The molecular weight excluding hydrogens is 312 g/mol. The highest BCUT2D eigenvalue weighted by Gasteiger charge is 2.25. The molecule has 1 fully saturated rings. The van der Waals surface area contributed by atoms with Gasteiger partial charge in [-0.3, -0.25) is 9.58 Å². The maximum Gasteiger partial charge on any atom is 0.240 e. The number of nitrogens with zero attached hydrogens (tertiary/aromatic N) is 3. The molecule has 1 aliphatic rings. The van der Waals surface area contributed by atoms with Gasteiger partial charge in [0.25, 0.3) is 0 Å². The van der Waals surface area contributed by atoms with Crippen LogP contribution in [0.4, 0.5) is 0 Å². The number of nitrogens with one attached hydrogen (secondary N) is 1. The molecule has 3 rings (SSSR count). The van der Waals surface area contributed by atoms with Gasteiger partial charge in [-0.15, -0.1) is 0 Å². The quantitative estimate of drug-likeness (QED) is 0.829. The Morgan fingerprint density at radius 1 is 1.22 bits per heavy atom. The molecule has 23 heavy (non-hydrogen) atoms. The molecule has 1 atom stereocenters. The Balaban J connectivity index is 1.52. The highest BCUT2D eigenvalue weighted by Crippen LogP contribution is 2.18. The van der Waals surface area contributed by atoms with Gasteiger partial charge in [-0.2, -0.15) is 5.10 Å². The van der Waals surface area contributed by atoms with E-state index in [-0.39, 0.29) is 0 Å². The van der Waals surface area contributed by atoms with Crippen molar-refractivity contribution in [1.29, 1.82) is 0 Å². The van der Waals surface area contributed by atoms with Crippen LogP contribution in [0.5, 0.6) is 0 Å². The third-order valence-corrected chi connectivity index (χ3v) is 5.68. The minimum atomic E-state index is -3.41. The molecule has 1 aliphatic heterocycles. The van der Waals surface area contributed by atoms with Gasteiger partial charge < -0.3 is 0 Å². The Morgan fingerprint density at radius 3 is 2.78 bits per heavy atom. The Labute approximate surface area is 137 Å². The Kier molecular flexibility index (Phi) is 5.09. The first kappa shape index (κ1) is 16.2. The first-order valence-corrected chi connectivity index (χ1v) is 9.40. The molecular formula is C16H22N4O2S. The van der Waals surface area contributed by atoms with E-state index in [0.29, 0.717) is 17.5 Å². The van der Waals surface area contributed by atoms with Crippen molar-refractivity contribution in [3.63, 3.8) is 0 Å². The van der Waals surface area contributed by atoms with Gasteiger partial charge in [-0.25, -0.2) is 13.1 Å². The summed E-state index contributed by atoms with van der Waals surface area (Å²) in [7, 11) is -3.41. The van der Waals surface area contributed by atoms with Gasteiger partial charge >= 0.3 is 0 Å². The van der Waals surface area contributed by atoms with Crippen molar-refractivity contribution in [3.05, 3.63) is 48.8 Å². The summed E-state index contributed by atoms with van der Waals surface area (Å²) in [5.74, 6) is 0. The molecule has 0 aliphatic carbocycles. The fourth-order valence-corrected chi connectivity index (χ4v) is 4.07. The summed E-state index contributed by atoms with van der Waals surface area (Å²) in [5.41, 5.74) is 0. The summed E-state index contributed by atoms with van der Waals surface area (Å²) < 4.78 is 29.0. The van der Waals surface area contributed by atoms with Crippen LogP contribution in [0.3, 0.4) is 0 Å². The number of aromatic nitrogens is 2. The standard InChI is InChI=1S/C16H22N4O2S/c21-23(22,16-7-2-1-3-8-16)18-10-13-19-11-4-6-15(19)14-20-12-5-9-17-20/h1-3,5,7-9,12,15,18H,4,6,10-11,13-14H2/t15-/m0/s1. The fraction of sp³-hybridized carbons (Fsp3) is 0.438. The number of hydrogen-bond acceptors (Lipinski definition) is 4. The fourth-order valence-electron chi connectivity index (χ4n) is 3.03. The summed E-state index contributed by atoms with van der Waals surface area (Å²) in [4.78, 5) is 2.66. The van der Waals surface area contributed by atoms with Crippen molar-refractivity contribution in [2.45, 2.75) is 30.3 Å². The number of likely N-dealkylation sites (tertiary alicyclic amines) is 1. The average Bonchev–Trinajstić information content (AvgIpc) is 3.21. The molecule has 1 aromatic heterocycles. The van der Waals surface area contributed by atoms with Crippen LogP contribution in [0.1, 0.15) is 12.8 Å². The van der Waals surface area contributed by atoms with Crippen LogP contribution in [0.15, 0.2) is 53.7 Å². The molecule has 1 N–H and O–H groups in total. The highest BCUT2D eigenvalue weighted by atomic mass is 32.2. The maximum absolute atomic E-state index is 12.2. The van der Waals surface area contributed by atoms with Gasteiger partial charge in [-0.1, -0.05) is 18.2 Å². The van der Waals surface area contributed by atoms with Crippen LogP contribution in [-0.4, -0.2) is 48.8 Å². The Morgan fingerprint density at radius 2 is 2.04 bits per heavy atom. The lowest BCUT2D eigenvalue weighted by atomic mass is 10.2. The van der Waals surface area contributed by atoms with Gasteiger partial charge in [0, 0.05) is 31.5 Å². The minimum absolute atomic E-state index is 0.314. The van der Waals surface area contributed by atoms with Crippen LogP contribution in [-0.2, 0) is 16.6 Å². The van der Waals surface area contributed by atoms with E-state index in [1.807, 2.05) is 23.0 Å². The zero-order valence-electron chi connectivity index (χ0n) is 13.0. The lowest BCUT2D eigenvalue weighted by molar-refractivity contribution is 0.231. The van der Waals surface area contributed by atoms with Gasteiger partial charge in [-0.05, 0) is 37.6 Å². The topological polar surface area (TPSA) is 67.2 Å². The van der Waals surface area contributed by atoms with Crippen LogP contribution >= 0.6 is 0 Å². The van der Waals surface area contributed by atoms with Crippen molar-refractivity contribution in [2.75, 3.05) is 19.6 Å². The molecule has 0 saturated carbocycles. The van der Waals surface area contributed by atoms with Crippen LogP contribution in [0.2, 0.25) is 0 Å². The molecule has 0 amide bonds. The number of hydrogen-bond donors (Lipinski definition) is 1. The van der Waals surface area contributed by atoms with E-state index >= 15 is 0 Å². The lowest BCUT2D eigenvalue weighted by Gasteiger charge is -2.24. The monoisotopic (exact) mass is 334 g/mol. The molecule has 0 radical (unpaired) electrons. The second-order valence-electron chi connectivity index (χ2n) is 5.77. The van der Waals surface area contributed by atoms with Crippen LogP contribution in [0, 0.1) is 0 Å². The third-order valence-electron chi connectivity index (χ3n) is 4.20. The molecule has 1 saturated heterocycles. The molecule has 2 heterocycles.